The van der Waals surface area contributed by atoms with E-state index in [2.05, 4.69) is 31.4 Å². The zero-order valence-corrected chi connectivity index (χ0v) is 13.2. The number of ether oxygens (including phenoxy) is 1. The molecule has 1 heterocycles. The topological polar surface area (TPSA) is 50.4 Å². The molecule has 0 aromatic carbocycles. The first kappa shape index (κ1) is 15.8. The molecule has 1 amide bonds. The van der Waals surface area contributed by atoms with Crippen LogP contribution in [-0.4, -0.2) is 37.2 Å². The highest BCUT2D eigenvalue weighted by Gasteiger charge is 2.36. The van der Waals surface area contributed by atoms with Gasteiger partial charge in [0, 0.05) is 12.6 Å². The molecule has 2 fully saturated rings. The van der Waals surface area contributed by atoms with Gasteiger partial charge >= 0.3 is 0 Å². The van der Waals surface area contributed by atoms with Crippen LogP contribution in [0.25, 0.3) is 0 Å². The summed E-state index contributed by atoms with van der Waals surface area (Å²) in [6.07, 6.45) is 7.01. The Bertz CT molecular complexity index is 316. The van der Waals surface area contributed by atoms with Crippen molar-refractivity contribution in [2.45, 2.75) is 77.5 Å². The highest BCUT2D eigenvalue weighted by atomic mass is 16.5. The average molecular weight is 282 g/mol. The SMILES string of the molecule is CC(C)OC1CCC(NC(=O)[C@]2(C)CCCNC2)CC1. The highest BCUT2D eigenvalue weighted by molar-refractivity contribution is 5.82. The summed E-state index contributed by atoms with van der Waals surface area (Å²) in [5.74, 6) is 0.234. The fraction of sp³-hybridized carbons (Fsp3) is 0.938. The van der Waals surface area contributed by atoms with E-state index < -0.39 is 0 Å². The number of piperidine rings is 1. The summed E-state index contributed by atoms with van der Waals surface area (Å²) in [4.78, 5) is 12.5. The lowest BCUT2D eigenvalue weighted by Crippen LogP contribution is -2.52. The van der Waals surface area contributed by atoms with Crippen molar-refractivity contribution in [3.63, 3.8) is 0 Å². The molecule has 2 rings (SSSR count). The molecular weight excluding hydrogens is 252 g/mol. The first-order valence-electron chi connectivity index (χ1n) is 8.17. The summed E-state index contributed by atoms with van der Waals surface area (Å²) in [6, 6.07) is 0.341. The van der Waals surface area contributed by atoms with Crippen molar-refractivity contribution in [1.29, 1.82) is 0 Å². The molecule has 0 aromatic heterocycles. The third-order valence-corrected chi connectivity index (χ3v) is 4.62. The molecule has 0 radical (unpaired) electrons. The van der Waals surface area contributed by atoms with Gasteiger partial charge in [-0.05, 0) is 65.8 Å². The first-order valence-corrected chi connectivity index (χ1v) is 8.17. The summed E-state index contributed by atoms with van der Waals surface area (Å²) in [7, 11) is 0. The Labute approximate surface area is 123 Å². The summed E-state index contributed by atoms with van der Waals surface area (Å²) < 4.78 is 5.86. The molecule has 0 unspecified atom stereocenters. The molecule has 116 valence electrons. The minimum Gasteiger partial charge on any atom is -0.376 e. The quantitative estimate of drug-likeness (QED) is 0.831. The molecule has 1 aliphatic carbocycles. The van der Waals surface area contributed by atoms with Crippen LogP contribution in [0.3, 0.4) is 0 Å². The van der Waals surface area contributed by atoms with E-state index >= 15 is 0 Å². The fourth-order valence-electron chi connectivity index (χ4n) is 3.34. The third-order valence-electron chi connectivity index (χ3n) is 4.62. The van der Waals surface area contributed by atoms with E-state index in [1.54, 1.807) is 0 Å². The average Bonchev–Trinajstić information content (AvgIpc) is 2.41. The van der Waals surface area contributed by atoms with E-state index in [1.807, 2.05) is 0 Å². The minimum atomic E-state index is -0.219. The van der Waals surface area contributed by atoms with Crippen molar-refractivity contribution < 1.29 is 9.53 Å². The predicted molar refractivity (Wildman–Crippen MR) is 80.6 cm³/mol. The lowest BCUT2D eigenvalue weighted by atomic mass is 9.81. The molecule has 1 saturated heterocycles. The van der Waals surface area contributed by atoms with Gasteiger partial charge < -0.3 is 15.4 Å². The van der Waals surface area contributed by atoms with Gasteiger partial charge in [0.1, 0.15) is 0 Å². The summed E-state index contributed by atoms with van der Waals surface area (Å²) in [5.41, 5.74) is -0.219. The van der Waals surface area contributed by atoms with Crippen LogP contribution in [0.5, 0.6) is 0 Å². The molecule has 0 bridgehead atoms. The smallest absolute Gasteiger partial charge is 0.227 e. The monoisotopic (exact) mass is 282 g/mol. The number of hydrogen-bond donors (Lipinski definition) is 2. The van der Waals surface area contributed by atoms with Crippen molar-refractivity contribution in [3.8, 4) is 0 Å². The van der Waals surface area contributed by atoms with Gasteiger partial charge in [-0.1, -0.05) is 0 Å². The van der Waals surface area contributed by atoms with Crippen molar-refractivity contribution in [1.82, 2.24) is 10.6 Å². The maximum Gasteiger partial charge on any atom is 0.227 e. The second-order valence-corrected chi connectivity index (χ2v) is 6.97. The standard InChI is InChI=1S/C16H30N2O2/c1-12(2)20-14-7-5-13(6-8-14)18-15(19)16(3)9-4-10-17-11-16/h12-14,17H,4-11H2,1-3H3,(H,18,19)/t13?,14?,16-/m1/s1. The van der Waals surface area contributed by atoms with Crippen LogP contribution < -0.4 is 10.6 Å². The molecule has 4 heteroatoms. The van der Waals surface area contributed by atoms with Gasteiger partial charge in [0.2, 0.25) is 5.91 Å². The number of carbonyl (C=O) groups excluding carboxylic acids is 1. The van der Waals surface area contributed by atoms with Crippen LogP contribution >= 0.6 is 0 Å². The molecule has 0 spiro atoms. The fourth-order valence-corrected chi connectivity index (χ4v) is 3.34. The number of nitrogens with one attached hydrogen (secondary N) is 2. The van der Waals surface area contributed by atoms with Crippen LogP contribution in [0, 0.1) is 5.41 Å². The maximum absolute atomic E-state index is 12.5. The molecule has 1 atom stereocenters. The minimum absolute atomic E-state index is 0.219. The van der Waals surface area contributed by atoms with Crippen molar-refractivity contribution >= 4 is 5.91 Å². The van der Waals surface area contributed by atoms with E-state index in [-0.39, 0.29) is 11.3 Å². The Balaban J connectivity index is 1.76. The van der Waals surface area contributed by atoms with Crippen molar-refractivity contribution in [2.75, 3.05) is 13.1 Å². The highest BCUT2D eigenvalue weighted by Crippen LogP contribution is 2.28. The largest absolute Gasteiger partial charge is 0.376 e. The van der Waals surface area contributed by atoms with Gasteiger partial charge in [0.15, 0.2) is 0 Å². The zero-order valence-electron chi connectivity index (χ0n) is 13.2. The second kappa shape index (κ2) is 6.90. The van der Waals surface area contributed by atoms with E-state index in [9.17, 15) is 4.79 Å². The molecule has 2 N–H and O–H groups in total. The molecule has 1 aliphatic heterocycles. The Kier molecular flexibility index (Phi) is 5.44. The van der Waals surface area contributed by atoms with E-state index in [4.69, 9.17) is 4.74 Å². The van der Waals surface area contributed by atoms with Gasteiger partial charge in [-0.25, -0.2) is 0 Å². The number of amides is 1. The second-order valence-electron chi connectivity index (χ2n) is 6.97. The Morgan fingerprint density at radius 1 is 1.30 bits per heavy atom. The Morgan fingerprint density at radius 2 is 2.00 bits per heavy atom. The van der Waals surface area contributed by atoms with Crippen molar-refractivity contribution in [3.05, 3.63) is 0 Å². The molecule has 20 heavy (non-hydrogen) atoms. The summed E-state index contributed by atoms with van der Waals surface area (Å²) in [6.45, 7) is 8.11. The number of rotatable bonds is 4. The lowest BCUT2D eigenvalue weighted by Gasteiger charge is -2.36. The Hall–Kier alpha value is -0.610. The Morgan fingerprint density at radius 3 is 2.55 bits per heavy atom. The molecule has 0 aromatic rings. The zero-order chi connectivity index (χ0) is 14.6. The molecule has 1 saturated carbocycles. The van der Waals surface area contributed by atoms with Crippen LogP contribution in [0.15, 0.2) is 0 Å². The number of carbonyl (C=O) groups is 1. The number of hydrogen-bond acceptors (Lipinski definition) is 3. The van der Waals surface area contributed by atoms with Crippen LogP contribution in [-0.2, 0) is 9.53 Å². The van der Waals surface area contributed by atoms with Gasteiger partial charge in [-0.3, -0.25) is 4.79 Å². The van der Waals surface area contributed by atoms with Crippen molar-refractivity contribution in [2.24, 2.45) is 5.41 Å². The van der Waals surface area contributed by atoms with Crippen LogP contribution in [0.4, 0.5) is 0 Å². The normalized spacial score (nSPS) is 35.0. The maximum atomic E-state index is 12.5. The third kappa shape index (κ3) is 4.19. The van der Waals surface area contributed by atoms with Crippen LogP contribution in [0.1, 0.15) is 59.3 Å². The molecular formula is C16H30N2O2. The van der Waals surface area contributed by atoms with Gasteiger partial charge in [0.25, 0.3) is 0 Å². The van der Waals surface area contributed by atoms with E-state index in [0.29, 0.717) is 18.2 Å². The first-order chi connectivity index (χ1) is 9.49. The summed E-state index contributed by atoms with van der Waals surface area (Å²) in [5, 5.41) is 6.61. The summed E-state index contributed by atoms with van der Waals surface area (Å²) >= 11 is 0. The predicted octanol–water partition coefficient (Wildman–Crippen LogP) is 2.23. The lowest BCUT2D eigenvalue weighted by molar-refractivity contribution is -0.132. The van der Waals surface area contributed by atoms with Gasteiger partial charge in [0.05, 0.1) is 17.6 Å². The van der Waals surface area contributed by atoms with E-state index in [0.717, 1.165) is 51.6 Å². The van der Waals surface area contributed by atoms with E-state index in [1.165, 1.54) is 0 Å². The van der Waals surface area contributed by atoms with Crippen LogP contribution in [0.2, 0.25) is 0 Å². The molecule has 2 aliphatic rings. The van der Waals surface area contributed by atoms with Gasteiger partial charge in [-0.15, -0.1) is 0 Å². The van der Waals surface area contributed by atoms with Gasteiger partial charge in [-0.2, -0.15) is 0 Å². The molecule has 4 nitrogen and oxygen atoms in total.